The highest BCUT2D eigenvalue weighted by molar-refractivity contribution is 6.04. The Morgan fingerprint density at radius 1 is 1.39 bits per heavy atom. The second-order valence-electron chi connectivity index (χ2n) is 4.64. The molecule has 18 heavy (non-hydrogen) atoms. The van der Waals surface area contributed by atoms with Crippen molar-refractivity contribution in [3.05, 3.63) is 22.5 Å². The highest BCUT2D eigenvalue weighted by Crippen LogP contribution is 2.27. The van der Waals surface area contributed by atoms with E-state index >= 15 is 0 Å². The highest BCUT2D eigenvalue weighted by Gasteiger charge is 2.23. The van der Waals surface area contributed by atoms with E-state index in [2.05, 4.69) is 24.0 Å². The number of fused-ring (bicyclic) bond motifs is 1. The van der Waals surface area contributed by atoms with Gasteiger partial charge in [0, 0.05) is 23.4 Å². The number of aromatic nitrogens is 1. The summed E-state index contributed by atoms with van der Waals surface area (Å²) in [7, 11) is 0. The number of nitrogens with one attached hydrogen (secondary N) is 1. The third-order valence-corrected chi connectivity index (χ3v) is 3.42. The summed E-state index contributed by atoms with van der Waals surface area (Å²) in [5.74, 6) is -0.278. The van der Waals surface area contributed by atoms with E-state index in [4.69, 9.17) is 4.84 Å². The molecule has 0 aliphatic heterocycles. The van der Waals surface area contributed by atoms with Crippen molar-refractivity contribution in [3.63, 3.8) is 0 Å². The van der Waals surface area contributed by atoms with Crippen molar-refractivity contribution >= 4 is 11.7 Å². The van der Waals surface area contributed by atoms with Crippen LogP contribution >= 0.6 is 0 Å². The van der Waals surface area contributed by atoms with Crippen molar-refractivity contribution in [2.75, 3.05) is 0 Å². The maximum Gasteiger partial charge on any atom is 0.334 e. The Morgan fingerprint density at radius 2 is 2.17 bits per heavy atom. The van der Waals surface area contributed by atoms with Gasteiger partial charge in [-0.3, -0.25) is 0 Å². The molecule has 0 aromatic carbocycles. The van der Waals surface area contributed by atoms with Gasteiger partial charge in [0.05, 0.1) is 5.71 Å². The molecular formula is C14H20N2O2. The Kier molecular flexibility index (Phi) is 3.84. The fraction of sp³-hybridized carbons (Fsp3) is 0.571. The minimum Gasteiger partial charge on any atom is -0.362 e. The standard InChI is InChI=1S/C14H20N2O2/c1-4-10-9(3)15-11-7-6-8-12(14(10)11)16-18-13(17)5-2/h15H,4-8H2,1-3H3/b16-12+. The third kappa shape index (κ3) is 2.33. The molecule has 4 nitrogen and oxygen atoms in total. The molecule has 1 heterocycles. The van der Waals surface area contributed by atoms with E-state index in [1.165, 1.54) is 22.5 Å². The molecule has 0 radical (unpaired) electrons. The summed E-state index contributed by atoms with van der Waals surface area (Å²) in [6, 6.07) is 0. The molecule has 0 bridgehead atoms. The lowest BCUT2D eigenvalue weighted by Crippen LogP contribution is -2.14. The zero-order chi connectivity index (χ0) is 13.1. The zero-order valence-electron chi connectivity index (χ0n) is 11.3. The number of H-pyrrole nitrogens is 1. The van der Waals surface area contributed by atoms with Crippen LogP contribution in [0.4, 0.5) is 0 Å². The Morgan fingerprint density at radius 3 is 2.83 bits per heavy atom. The summed E-state index contributed by atoms with van der Waals surface area (Å²) in [6.45, 7) is 6.00. The Bertz CT molecular complexity index is 486. The molecule has 0 saturated carbocycles. The number of rotatable bonds is 3. The largest absolute Gasteiger partial charge is 0.362 e. The first-order valence-electron chi connectivity index (χ1n) is 6.64. The van der Waals surface area contributed by atoms with Crippen LogP contribution in [-0.2, 0) is 22.5 Å². The van der Waals surface area contributed by atoms with Crippen LogP contribution < -0.4 is 0 Å². The monoisotopic (exact) mass is 248 g/mol. The number of hydrogen-bond donors (Lipinski definition) is 1. The van der Waals surface area contributed by atoms with Crippen molar-refractivity contribution in [1.82, 2.24) is 4.98 Å². The number of carbonyl (C=O) groups excluding carboxylic acids is 1. The lowest BCUT2D eigenvalue weighted by atomic mass is 9.92. The average Bonchev–Trinajstić information content (AvgIpc) is 2.71. The minimum atomic E-state index is -0.278. The van der Waals surface area contributed by atoms with E-state index in [0.717, 1.165) is 31.4 Å². The summed E-state index contributed by atoms with van der Waals surface area (Å²) < 4.78 is 0. The molecule has 1 aliphatic carbocycles. The molecule has 98 valence electrons. The molecule has 0 amide bonds. The van der Waals surface area contributed by atoms with Gasteiger partial charge in [0.2, 0.25) is 0 Å². The summed E-state index contributed by atoms with van der Waals surface area (Å²) in [6.07, 6.45) is 4.32. The first-order valence-corrected chi connectivity index (χ1v) is 6.64. The van der Waals surface area contributed by atoms with Crippen molar-refractivity contribution < 1.29 is 9.63 Å². The minimum absolute atomic E-state index is 0.278. The van der Waals surface area contributed by atoms with Crippen molar-refractivity contribution in [3.8, 4) is 0 Å². The Balaban J connectivity index is 2.34. The molecule has 1 aromatic heterocycles. The SMILES string of the molecule is CCC(=O)O/N=C1\CCCc2[nH]c(C)c(CC)c21. The molecule has 1 aliphatic rings. The van der Waals surface area contributed by atoms with Gasteiger partial charge in [-0.05, 0) is 38.2 Å². The molecule has 0 saturated heterocycles. The average molecular weight is 248 g/mol. The number of hydrogen-bond acceptors (Lipinski definition) is 3. The first kappa shape index (κ1) is 12.9. The number of carbonyl (C=O) groups is 1. The number of oxime groups is 1. The quantitative estimate of drug-likeness (QED) is 0.660. The van der Waals surface area contributed by atoms with Crippen molar-refractivity contribution in [2.24, 2.45) is 5.16 Å². The van der Waals surface area contributed by atoms with Crippen LogP contribution in [0.2, 0.25) is 0 Å². The van der Waals surface area contributed by atoms with Crippen LogP contribution in [0.15, 0.2) is 5.16 Å². The second kappa shape index (κ2) is 5.38. The zero-order valence-corrected chi connectivity index (χ0v) is 11.3. The summed E-state index contributed by atoms with van der Waals surface area (Å²) in [5.41, 5.74) is 5.85. The topological polar surface area (TPSA) is 54.4 Å². The van der Waals surface area contributed by atoms with Crippen LogP contribution in [0, 0.1) is 6.92 Å². The van der Waals surface area contributed by atoms with Gasteiger partial charge in [0.15, 0.2) is 0 Å². The van der Waals surface area contributed by atoms with Crippen LogP contribution in [0.5, 0.6) is 0 Å². The number of aryl methyl sites for hydroxylation is 2. The van der Waals surface area contributed by atoms with Crippen LogP contribution in [0.3, 0.4) is 0 Å². The molecule has 0 fully saturated rings. The van der Waals surface area contributed by atoms with E-state index in [1.807, 2.05) is 0 Å². The molecule has 2 rings (SSSR count). The fourth-order valence-electron chi connectivity index (χ4n) is 2.53. The molecule has 1 N–H and O–H groups in total. The predicted octanol–water partition coefficient (Wildman–Crippen LogP) is 2.88. The van der Waals surface area contributed by atoms with Gasteiger partial charge < -0.3 is 9.82 Å². The highest BCUT2D eigenvalue weighted by atomic mass is 16.7. The Labute approximate surface area is 107 Å². The van der Waals surface area contributed by atoms with Gasteiger partial charge in [-0.15, -0.1) is 0 Å². The van der Waals surface area contributed by atoms with Crippen LogP contribution in [0.1, 0.15) is 55.6 Å². The fourth-order valence-corrected chi connectivity index (χ4v) is 2.53. The molecule has 0 unspecified atom stereocenters. The predicted molar refractivity (Wildman–Crippen MR) is 70.8 cm³/mol. The first-order chi connectivity index (χ1) is 8.67. The molecule has 0 atom stereocenters. The summed E-state index contributed by atoms with van der Waals surface area (Å²) >= 11 is 0. The van der Waals surface area contributed by atoms with Crippen LogP contribution in [-0.4, -0.2) is 16.7 Å². The lowest BCUT2D eigenvalue weighted by molar-refractivity contribution is -0.143. The third-order valence-electron chi connectivity index (χ3n) is 3.42. The molecular weight excluding hydrogens is 228 g/mol. The van der Waals surface area contributed by atoms with Gasteiger partial charge in [-0.2, -0.15) is 0 Å². The second-order valence-corrected chi connectivity index (χ2v) is 4.64. The molecule has 0 spiro atoms. The lowest BCUT2D eigenvalue weighted by Gasteiger charge is -2.14. The number of aromatic amines is 1. The summed E-state index contributed by atoms with van der Waals surface area (Å²) in [4.78, 5) is 19.5. The Hall–Kier alpha value is -1.58. The van der Waals surface area contributed by atoms with Gasteiger partial charge in [0.1, 0.15) is 0 Å². The number of nitrogens with zero attached hydrogens (tertiary/aromatic N) is 1. The van der Waals surface area contributed by atoms with Gasteiger partial charge in [-0.25, -0.2) is 4.79 Å². The maximum absolute atomic E-state index is 11.2. The smallest absolute Gasteiger partial charge is 0.334 e. The van der Waals surface area contributed by atoms with Crippen molar-refractivity contribution in [2.45, 2.75) is 52.9 Å². The van der Waals surface area contributed by atoms with E-state index in [-0.39, 0.29) is 5.97 Å². The van der Waals surface area contributed by atoms with Crippen LogP contribution in [0.25, 0.3) is 0 Å². The molecule has 1 aromatic rings. The van der Waals surface area contributed by atoms with E-state index in [0.29, 0.717) is 6.42 Å². The van der Waals surface area contributed by atoms with E-state index < -0.39 is 0 Å². The van der Waals surface area contributed by atoms with E-state index in [1.54, 1.807) is 6.92 Å². The normalized spacial score (nSPS) is 16.7. The van der Waals surface area contributed by atoms with E-state index in [9.17, 15) is 4.79 Å². The molecule has 4 heteroatoms. The van der Waals surface area contributed by atoms with Crippen molar-refractivity contribution in [1.29, 1.82) is 0 Å². The van der Waals surface area contributed by atoms with Gasteiger partial charge in [0.25, 0.3) is 0 Å². The van der Waals surface area contributed by atoms with Gasteiger partial charge >= 0.3 is 5.97 Å². The van der Waals surface area contributed by atoms with Gasteiger partial charge in [-0.1, -0.05) is 19.0 Å². The summed E-state index contributed by atoms with van der Waals surface area (Å²) in [5, 5.41) is 4.06. The maximum atomic E-state index is 11.2.